The summed E-state index contributed by atoms with van der Waals surface area (Å²) in [6.45, 7) is 2.84. The Hall–Kier alpha value is -1.47. The van der Waals surface area contributed by atoms with Gasteiger partial charge in [0, 0.05) is 26.2 Å². The fourth-order valence-electron chi connectivity index (χ4n) is 2.31. The summed E-state index contributed by atoms with van der Waals surface area (Å²) >= 11 is 0. The van der Waals surface area contributed by atoms with Crippen LogP contribution in [0, 0.1) is 0 Å². The van der Waals surface area contributed by atoms with E-state index in [1.165, 1.54) is 0 Å². The number of carbonyl (C=O) groups is 1. The second kappa shape index (κ2) is 4.66. The number of piperidine rings is 1. The number of nitrogens with zero attached hydrogens (tertiary/aromatic N) is 4. The predicted molar refractivity (Wildman–Crippen MR) is 63.1 cm³/mol. The van der Waals surface area contributed by atoms with Gasteiger partial charge in [-0.05, 0) is 12.8 Å². The van der Waals surface area contributed by atoms with Gasteiger partial charge in [0.1, 0.15) is 0 Å². The molecule has 0 saturated carbocycles. The van der Waals surface area contributed by atoms with Gasteiger partial charge in [-0.3, -0.25) is 4.79 Å². The number of amides is 1. The standard InChI is InChI=1S/C11H17N5O2/c17-9-2-1-3-15(6-9)11(18)10-7-16(14-13-10)8-4-12-5-8/h7-9,12,17H,1-6H2. The summed E-state index contributed by atoms with van der Waals surface area (Å²) in [6.07, 6.45) is 2.90. The van der Waals surface area contributed by atoms with Gasteiger partial charge in [-0.1, -0.05) is 5.21 Å². The molecule has 98 valence electrons. The molecule has 0 aliphatic carbocycles. The summed E-state index contributed by atoms with van der Waals surface area (Å²) in [5.74, 6) is -0.132. The van der Waals surface area contributed by atoms with Crippen molar-refractivity contribution in [2.45, 2.75) is 25.0 Å². The lowest BCUT2D eigenvalue weighted by molar-refractivity contribution is 0.0469. The van der Waals surface area contributed by atoms with E-state index in [0.717, 1.165) is 25.9 Å². The van der Waals surface area contributed by atoms with Gasteiger partial charge in [0.15, 0.2) is 5.69 Å². The molecule has 1 amide bonds. The van der Waals surface area contributed by atoms with E-state index in [9.17, 15) is 9.90 Å². The molecule has 0 radical (unpaired) electrons. The van der Waals surface area contributed by atoms with E-state index in [2.05, 4.69) is 15.6 Å². The van der Waals surface area contributed by atoms with Gasteiger partial charge >= 0.3 is 0 Å². The number of aliphatic hydroxyl groups excluding tert-OH is 1. The van der Waals surface area contributed by atoms with E-state index >= 15 is 0 Å². The third kappa shape index (κ3) is 2.11. The second-order valence-electron chi connectivity index (χ2n) is 4.94. The number of nitrogens with one attached hydrogen (secondary N) is 1. The van der Waals surface area contributed by atoms with Gasteiger partial charge in [-0.15, -0.1) is 5.10 Å². The van der Waals surface area contributed by atoms with Crippen LogP contribution in [-0.2, 0) is 0 Å². The Kier molecular flexibility index (Phi) is 3.00. The van der Waals surface area contributed by atoms with E-state index in [-0.39, 0.29) is 5.91 Å². The van der Waals surface area contributed by atoms with Crippen LogP contribution in [-0.4, -0.2) is 63.2 Å². The molecule has 2 aliphatic rings. The molecule has 18 heavy (non-hydrogen) atoms. The monoisotopic (exact) mass is 251 g/mol. The maximum Gasteiger partial charge on any atom is 0.276 e. The maximum atomic E-state index is 12.2. The van der Waals surface area contributed by atoms with E-state index < -0.39 is 6.10 Å². The highest BCUT2D eigenvalue weighted by Crippen LogP contribution is 2.14. The highest BCUT2D eigenvalue weighted by Gasteiger charge is 2.26. The summed E-state index contributed by atoms with van der Waals surface area (Å²) in [7, 11) is 0. The minimum atomic E-state index is -0.409. The summed E-state index contributed by atoms with van der Waals surface area (Å²) in [6, 6.07) is 0.311. The lowest BCUT2D eigenvalue weighted by Gasteiger charge is -2.29. The van der Waals surface area contributed by atoms with Crippen LogP contribution >= 0.6 is 0 Å². The Morgan fingerprint density at radius 3 is 3.00 bits per heavy atom. The van der Waals surface area contributed by atoms with Crippen molar-refractivity contribution in [2.75, 3.05) is 26.2 Å². The topological polar surface area (TPSA) is 83.3 Å². The van der Waals surface area contributed by atoms with Gasteiger partial charge in [0.25, 0.3) is 5.91 Å². The van der Waals surface area contributed by atoms with E-state index in [1.54, 1.807) is 15.8 Å². The van der Waals surface area contributed by atoms with Crippen LogP contribution in [0.5, 0.6) is 0 Å². The molecule has 0 spiro atoms. The Labute approximate surface area is 105 Å². The number of rotatable bonds is 2. The molecule has 1 unspecified atom stereocenters. The molecule has 3 rings (SSSR count). The minimum Gasteiger partial charge on any atom is -0.391 e. The molecule has 0 aromatic carbocycles. The number of likely N-dealkylation sites (tertiary alicyclic amines) is 1. The van der Waals surface area contributed by atoms with Crippen LogP contribution in [0.4, 0.5) is 0 Å². The number of β-amino-alcohol motifs (C(OH)–C–C–N with tert-alkyl or cyclic N) is 1. The first-order chi connectivity index (χ1) is 8.74. The van der Waals surface area contributed by atoms with Crippen molar-refractivity contribution < 1.29 is 9.90 Å². The van der Waals surface area contributed by atoms with Gasteiger partial charge in [0.2, 0.25) is 0 Å². The first-order valence-electron chi connectivity index (χ1n) is 6.34. The zero-order valence-electron chi connectivity index (χ0n) is 10.1. The molecular formula is C11H17N5O2. The third-order valence-electron chi connectivity index (χ3n) is 3.55. The smallest absolute Gasteiger partial charge is 0.276 e. The summed E-state index contributed by atoms with van der Waals surface area (Å²) < 4.78 is 1.74. The highest BCUT2D eigenvalue weighted by molar-refractivity contribution is 5.92. The van der Waals surface area contributed by atoms with Crippen LogP contribution in [0.2, 0.25) is 0 Å². The van der Waals surface area contributed by atoms with Crippen LogP contribution < -0.4 is 5.32 Å². The van der Waals surface area contributed by atoms with Crippen LogP contribution in [0.1, 0.15) is 29.4 Å². The average molecular weight is 251 g/mol. The largest absolute Gasteiger partial charge is 0.391 e. The van der Waals surface area contributed by atoms with Crippen molar-refractivity contribution in [3.63, 3.8) is 0 Å². The molecule has 3 heterocycles. The van der Waals surface area contributed by atoms with Crippen molar-refractivity contribution in [2.24, 2.45) is 0 Å². The second-order valence-corrected chi connectivity index (χ2v) is 4.94. The Balaban J connectivity index is 1.69. The van der Waals surface area contributed by atoms with Crippen molar-refractivity contribution in [3.05, 3.63) is 11.9 Å². The Morgan fingerprint density at radius 2 is 2.33 bits per heavy atom. The van der Waals surface area contributed by atoms with Crippen molar-refractivity contribution >= 4 is 5.91 Å². The number of aliphatic hydroxyl groups is 1. The quantitative estimate of drug-likeness (QED) is 0.706. The van der Waals surface area contributed by atoms with Crippen molar-refractivity contribution in [1.82, 2.24) is 25.2 Å². The first-order valence-corrected chi connectivity index (χ1v) is 6.34. The Morgan fingerprint density at radius 1 is 1.50 bits per heavy atom. The van der Waals surface area contributed by atoms with Crippen LogP contribution in [0.15, 0.2) is 6.20 Å². The molecule has 2 fully saturated rings. The molecule has 2 N–H and O–H groups in total. The summed E-state index contributed by atoms with van der Waals surface area (Å²) in [5.41, 5.74) is 0.371. The number of aromatic nitrogens is 3. The zero-order chi connectivity index (χ0) is 12.5. The highest BCUT2D eigenvalue weighted by atomic mass is 16.3. The molecule has 7 nitrogen and oxygen atoms in total. The van der Waals surface area contributed by atoms with Gasteiger partial charge in [-0.2, -0.15) is 0 Å². The van der Waals surface area contributed by atoms with E-state index in [0.29, 0.717) is 24.8 Å². The van der Waals surface area contributed by atoms with E-state index in [1.807, 2.05) is 0 Å². The summed E-state index contributed by atoms with van der Waals surface area (Å²) in [4.78, 5) is 13.8. The molecule has 0 bridgehead atoms. The number of hydrogen-bond acceptors (Lipinski definition) is 5. The normalized spacial score (nSPS) is 24.9. The molecule has 2 saturated heterocycles. The minimum absolute atomic E-state index is 0.132. The molecule has 1 atom stereocenters. The number of carbonyl (C=O) groups excluding carboxylic acids is 1. The average Bonchev–Trinajstić information content (AvgIpc) is 2.75. The summed E-state index contributed by atoms with van der Waals surface area (Å²) in [5, 5.41) is 20.6. The number of hydrogen-bond donors (Lipinski definition) is 2. The van der Waals surface area contributed by atoms with Gasteiger partial charge < -0.3 is 15.3 Å². The van der Waals surface area contributed by atoms with Crippen molar-refractivity contribution in [1.29, 1.82) is 0 Å². The van der Waals surface area contributed by atoms with Crippen LogP contribution in [0.3, 0.4) is 0 Å². The maximum absolute atomic E-state index is 12.2. The lowest BCUT2D eigenvalue weighted by Crippen LogP contribution is -2.43. The fourth-order valence-corrected chi connectivity index (χ4v) is 2.31. The predicted octanol–water partition coefficient (Wildman–Crippen LogP) is -0.981. The van der Waals surface area contributed by atoms with Gasteiger partial charge in [-0.25, -0.2) is 4.68 Å². The lowest BCUT2D eigenvalue weighted by atomic mass is 10.1. The SMILES string of the molecule is O=C(c1cn(C2CNC2)nn1)N1CCCC(O)C1. The first kappa shape index (κ1) is 11.6. The van der Waals surface area contributed by atoms with E-state index in [4.69, 9.17) is 0 Å². The molecule has 2 aliphatic heterocycles. The fraction of sp³-hybridized carbons (Fsp3) is 0.727. The van der Waals surface area contributed by atoms with Crippen LogP contribution in [0.25, 0.3) is 0 Å². The molecule has 7 heteroatoms. The zero-order valence-corrected chi connectivity index (χ0v) is 10.1. The molecular weight excluding hydrogens is 234 g/mol. The van der Waals surface area contributed by atoms with Gasteiger partial charge in [0.05, 0.1) is 18.3 Å². The third-order valence-corrected chi connectivity index (χ3v) is 3.55. The van der Waals surface area contributed by atoms with Crippen molar-refractivity contribution in [3.8, 4) is 0 Å². The Bertz CT molecular complexity index is 442. The molecule has 1 aromatic heterocycles. The molecule has 1 aromatic rings.